The van der Waals surface area contributed by atoms with Gasteiger partial charge in [0.2, 0.25) is 0 Å². The molecule has 2 rings (SSSR count). The van der Waals surface area contributed by atoms with Gasteiger partial charge in [0.05, 0.1) is 7.11 Å². The van der Waals surface area contributed by atoms with Crippen LogP contribution in [0.3, 0.4) is 0 Å². The van der Waals surface area contributed by atoms with Gasteiger partial charge in [-0.15, -0.1) is 0 Å². The average molecular weight is 271 g/mol. The third-order valence-electron chi connectivity index (χ3n) is 2.94. The maximum absolute atomic E-state index is 12.0. The molecule has 2 aromatic carbocycles. The molecule has 0 aliphatic rings. The van der Waals surface area contributed by atoms with Crippen LogP contribution in [-0.4, -0.2) is 18.1 Å². The largest absolute Gasteiger partial charge is 0.497 e. The molecule has 0 saturated carbocycles. The highest BCUT2D eigenvalue weighted by Gasteiger charge is 2.17. The molecule has 104 valence electrons. The van der Waals surface area contributed by atoms with E-state index in [4.69, 9.17) is 4.74 Å². The average Bonchev–Trinajstić information content (AvgIpc) is 2.46. The Kier molecular flexibility index (Phi) is 4.38. The minimum absolute atomic E-state index is 0.469. The van der Waals surface area contributed by atoms with Crippen LogP contribution in [0.4, 0.5) is 5.69 Å². The zero-order valence-corrected chi connectivity index (χ0v) is 11.5. The molecule has 0 spiro atoms. The van der Waals surface area contributed by atoms with Crippen LogP contribution >= 0.6 is 0 Å². The smallest absolute Gasteiger partial charge is 0.257 e. The van der Waals surface area contributed by atoms with E-state index in [0.717, 1.165) is 5.56 Å². The molecule has 2 N–H and O–H groups in total. The van der Waals surface area contributed by atoms with Gasteiger partial charge < -0.3 is 15.2 Å². The highest BCUT2D eigenvalue weighted by molar-refractivity contribution is 5.94. The van der Waals surface area contributed by atoms with Gasteiger partial charge in [0.1, 0.15) is 5.75 Å². The number of carbonyl (C=O) groups excluding carboxylic acids is 1. The molecular formula is C16H17NO3. The number of aryl methyl sites for hydroxylation is 1. The van der Waals surface area contributed by atoms with Crippen molar-refractivity contribution in [3.05, 3.63) is 59.7 Å². The van der Waals surface area contributed by atoms with Gasteiger partial charge in [0.15, 0.2) is 6.10 Å². The topological polar surface area (TPSA) is 58.6 Å². The Balaban J connectivity index is 2.12. The summed E-state index contributed by atoms with van der Waals surface area (Å²) in [7, 11) is 1.54. The zero-order valence-electron chi connectivity index (χ0n) is 11.5. The first kappa shape index (κ1) is 14.1. The quantitative estimate of drug-likeness (QED) is 0.898. The molecule has 0 heterocycles. The summed E-state index contributed by atoms with van der Waals surface area (Å²) < 4.78 is 5.08. The van der Waals surface area contributed by atoms with E-state index in [1.165, 1.54) is 7.11 Å². The number of hydrogen-bond donors (Lipinski definition) is 2. The maximum Gasteiger partial charge on any atom is 0.257 e. The van der Waals surface area contributed by atoms with Crippen molar-refractivity contribution in [1.82, 2.24) is 0 Å². The molecule has 0 radical (unpaired) electrons. The third-order valence-corrected chi connectivity index (χ3v) is 2.94. The predicted molar refractivity (Wildman–Crippen MR) is 77.8 cm³/mol. The van der Waals surface area contributed by atoms with Crippen molar-refractivity contribution in [2.24, 2.45) is 0 Å². The van der Waals surface area contributed by atoms with Gasteiger partial charge in [-0.3, -0.25) is 4.79 Å². The van der Waals surface area contributed by atoms with Crippen molar-refractivity contribution in [3.63, 3.8) is 0 Å². The molecule has 0 fully saturated rings. The standard InChI is InChI=1S/C16H17NO3/c1-11-5-3-7-13(9-11)17-16(19)15(18)12-6-4-8-14(10-12)20-2/h3-10,15,18H,1-2H3,(H,17,19). The van der Waals surface area contributed by atoms with Crippen LogP contribution in [0.25, 0.3) is 0 Å². The van der Waals surface area contributed by atoms with Crippen LogP contribution in [0.5, 0.6) is 5.75 Å². The number of nitrogens with one attached hydrogen (secondary N) is 1. The summed E-state index contributed by atoms with van der Waals surface area (Å²) in [6, 6.07) is 14.2. The summed E-state index contributed by atoms with van der Waals surface area (Å²) in [4.78, 5) is 12.0. The number of methoxy groups -OCH3 is 1. The van der Waals surface area contributed by atoms with E-state index >= 15 is 0 Å². The zero-order chi connectivity index (χ0) is 14.5. The van der Waals surface area contributed by atoms with Crippen molar-refractivity contribution in [3.8, 4) is 5.75 Å². The highest BCUT2D eigenvalue weighted by Crippen LogP contribution is 2.20. The summed E-state index contributed by atoms with van der Waals surface area (Å²) in [6.07, 6.45) is -1.23. The molecular weight excluding hydrogens is 254 g/mol. The normalized spacial score (nSPS) is 11.8. The van der Waals surface area contributed by atoms with E-state index < -0.39 is 12.0 Å². The molecule has 4 heteroatoms. The van der Waals surface area contributed by atoms with Crippen molar-refractivity contribution in [2.45, 2.75) is 13.0 Å². The Morgan fingerprint density at radius 3 is 2.65 bits per heavy atom. The van der Waals surface area contributed by atoms with Gasteiger partial charge in [-0.2, -0.15) is 0 Å². The second-order valence-corrected chi connectivity index (χ2v) is 4.54. The van der Waals surface area contributed by atoms with E-state index in [1.807, 2.05) is 25.1 Å². The monoisotopic (exact) mass is 271 g/mol. The second-order valence-electron chi connectivity index (χ2n) is 4.54. The summed E-state index contributed by atoms with van der Waals surface area (Å²) in [5, 5.41) is 12.8. The molecule has 2 aromatic rings. The van der Waals surface area contributed by atoms with Gasteiger partial charge in [0.25, 0.3) is 5.91 Å². The fourth-order valence-electron chi connectivity index (χ4n) is 1.90. The van der Waals surface area contributed by atoms with Crippen LogP contribution < -0.4 is 10.1 Å². The number of rotatable bonds is 4. The minimum Gasteiger partial charge on any atom is -0.497 e. The van der Waals surface area contributed by atoms with Gasteiger partial charge >= 0.3 is 0 Å². The third kappa shape index (κ3) is 3.36. The van der Waals surface area contributed by atoms with Crippen molar-refractivity contribution < 1.29 is 14.6 Å². The lowest BCUT2D eigenvalue weighted by Crippen LogP contribution is -2.20. The summed E-state index contributed by atoms with van der Waals surface area (Å²) in [5.74, 6) is 0.133. The highest BCUT2D eigenvalue weighted by atomic mass is 16.5. The van der Waals surface area contributed by atoms with Crippen LogP contribution in [-0.2, 0) is 4.79 Å². The molecule has 4 nitrogen and oxygen atoms in total. The molecule has 1 atom stereocenters. The number of carbonyl (C=O) groups is 1. The Bertz CT molecular complexity index is 610. The molecule has 0 saturated heterocycles. The van der Waals surface area contributed by atoms with Crippen molar-refractivity contribution >= 4 is 11.6 Å². The van der Waals surface area contributed by atoms with E-state index in [0.29, 0.717) is 17.0 Å². The summed E-state index contributed by atoms with van der Waals surface area (Å²) >= 11 is 0. The molecule has 0 aliphatic carbocycles. The van der Waals surface area contributed by atoms with E-state index in [2.05, 4.69) is 5.32 Å². The van der Waals surface area contributed by atoms with Crippen LogP contribution in [0, 0.1) is 6.92 Å². The first-order chi connectivity index (χ1) is 9.60. The van der Waals surface area contributed by atoms with Crippen molar-refractivity contribution in [1.29, 1.82) is 0 Å². The number of anilines is 1. The second kappa shape index (κ2) is 6.21. The molecule has 0 aromatic heterocycles. The van der Waals surface area contributed by atoms with Crippen LogP contribution in [0.1, 0.15) is 17.2 Å². The Morgan fingerprint density at radius 1 is 1.20 bits per heavy atom. The van der Waals surface area contributed by atoms with Crippen LogP contribution in [0.15, 0.2) is 48.5 Å². The lowest BCUT2D eigenvalue weighted by Gasteiger charge is -2.13. The molecule has 1 unspecified atom stereocenters. The van der Waals surface area contributed by atoms with Gasteiger partial charge in [-0.05, 0) is 42.3 Å². The number of aliphatic hydroxyl groups is 1. The fourth-order valence-corrected chi connectivity index (χ4v) is 1.90. The molecule has 0 aliphatic heterocycles. The summed E-state index contributed by atoms with van der Waals surface area (Å²) in [6.45, 7) is 1.94. The van der Waals surface area contributed by atoms with E-state index in [-0.39, 0.29) is 0 Å². The van der Waals surface area contributed by atoms with Gasteiger partial charge in [0, 0.05) is 5.69 Å². The Morgan fingerprint density at radius 2 is 1.95 bits per heavy atom. The first-order valence-electron chi connectivity index (χ1n) is 6.29. The minimum atomic E-state index is -1.23. The van der Waals surface area contributed by atoms with E-state index in [1.54, 1.807) is 30.3 Å². The number of aliphatic hydroxyl groups excluding tert-OH is 1. The number of benzene rings is 2. The number of ether oxygens (including phenoxy) is 1. The lowest BCUT2D eigenvalue weighted by molar-refractivity contribution is -0.124. The van der Waals surface area contributed by atoms with Gasteiger partial charge in [-0.1, -0.05) is 24.3 Å². The number of amides is 1. The lowest BCUT2D eigenvalue weighted by atomic mass is 10.1. The molecule has 0 bridgehead atoms. The fraction of sp³-hybridized carbons (Fsp3) is 0.188. The Labute approximate surface area is 118 Å². The predicted octanol–water partition coefficient (Wildman–Crippen LogP) is 2.68. The van der Waals surface area contributed by atoms with Crippen LogP contribution in [0.2, 0.25) is 0 Å². The molecule has 1 amide bonds. The number of hydrogen-bond acceptors (Lipinski definition) is 3. The van der Waals surface area contributed by atoms with E-state index in [9.17, 15) is 9.90 Å². The summed E-state index contributed by atoms with van der Waals surface area (Å²) in [5.41, 5.74) is 2.20. The Hall–Kier alpha value is -2.33. The maximum atomic E-state index is 12.0. The molecule has 20 heavy (non-hydrogen) atoms. The SMILES string of the molecule is COc1cccc(C(O)C(=O)Nc2cccc(C)c2)c1. The van der Waals surface area contributed by atoms with Gasteiger partial charge in [-0.25, -0.2) is 0 Å². The first-order valence-corrected chi connectivity index (χ1v) is 6.29. The van der Waals surface area contributed by atoms with Crippen molar-refractivity contribution in [2.75, 3.05) is 12.4 Å².